The number of hydrogen-bond donors (Lipinski definition) is 2. The Kier molecular flexibility index (Phi) is 8.35. The minimum atomic E-state index is -1.70. The summed E-state index contributed by atoms with van der Waals surface area (Å²) in [7, 11) is 1.46. The average Bonchev–Trinajstić information content (AvgIpc) is 3.65. The SMILES string of the molecule is COc1cc(C(=O)NC[C@]2(c3cc(C(C)(C)O)c(F)c(-c4ccc(F)cc4)n3)C[C@@H](N3C(=O)c4ccccc4C3=O)CO2)cc2cc(C)nnc12. The standard InChI is InChI=1S/C38H33F2N5O6/c1-20-13-22-14-23(15-29(50-4)32(22)44-43-20)34(46)41-19-38(17-25(18-51-38)45-35(47)26-7-5-6-8-27(26)36(45)48)30-16-28(37(2,3)49)31(40)33(42-30)21-9-11-24(39)12-10-21/h5-16,25,49H,17-19H2,1-4H3,(H,41,46)/t25-,38+/m1/s1. The molecule has 0 saturated carbocycles. The van der Waals surface area contributed by atoms with Gasteiger partial charge >= 0.3 is 0 Å². The monoisotopic (exact) mass is 693 g/mol. The van der Waals surface area contributed by atoms with Gasteiger partial charge in [0.25, 0.3) is 17.7 Å². The summed E-state index contributed by atoms with van der Waals surface area (Å²) < 4.78 is 42.0. The zero-order chi connectivity index (χ0) is 36.2. The van der Waals surface area contributed by atoms with E-state index in [0.29, 0.717) is 22.3 Å². The van der Waals surface area contributed by atoms with E-state index >= 15 is 4.39 Å². The summed E-state index contributed by atoms with van der Waals surface area (Å²) in [5.41, 5.74) is -1.29. The molecule has 13 heteroatoms. The van der Waals surface area contributed by atoms with Crippen molar-refractivity contribution in [3.05, 3.63) is 118 Å². The van der Waals surface area contributed by atoms with E-state index in [1.54, 1.807) is 43.3 Å². The molecule has 2 N–H and O–H groups in total. The van der Waals surface area contributed by atoms with Gasteiger partial charge in [-0.1, -0.05) is 12.1 Å². The number of aryl methyl sites for hydroxylation is 1. The first-order valence-corrected chi connectivity index (χ1v) is 16.2. The number of carbonyl (C=O) groups is 3. The van der Waals surface area contributed by atoms with Crippen LogP contribution in [0.2, 0.25) is 0 Å². The Labute approximate surface area is 291 Å². The van der Waals surface area contributed by atoms with Crippen molar-refractivity contribution < 1.29 is 37.7 Å². The second kappa shape index (κ2) is 12.6. The van der Waals surface area contributed by atoms with Gasteiger partial charge in [-0.05, 0) is 81.4 Å². The fourth-order valence-corrected chi connectivity index (χ4v) is 6.70. The van der Waals surface area contributed by atoms with E-state index in [1.807, 2.05) is 0 Å². The minimum absolute atomic E-state index is 0.0264. The van der Waals surface area contributed by atoms with Crippen LogP contribution in [0.4, 0.5) is 8.78 Å². The lowest BCUT2D eigenvalue weighted by molar-refractivity contribution is -0.00406. The second-order valence-electron chi connectivity index (χ2n) is 13.3. The van der Waals surface area contributed by atoms with Gasteiger partial charge in [-0.25, -0.2) is 13.8 Å². The molecular weight excluding hydrogens is 660 g/mol. The summed E-state index contributed by atoms with van der Waals surface area (Å²) in [6.07, 6.45) is -0.0264. The number of carbonyl (C=O) groups excluding carboxylic acids is 3. The van der Waals surface area contributed by atoms with Crippen molar-refractivity contribution in [3.63, 3.8) is 0 Å². The molecule has 2 atom stereocenters. The largest absolute Gasteiger partial charge is 0.494 e. The summed E-state index contributed by atoms with van der Waals surface area (Å²) in [4.78, 5) is 46.7. The number of halogens is 2. The molecule has 0 bridgehead atoms. The number of aromatic nitrogens is 3. The number of fused-ring (bicyclic) bond motifs is 2. The first-order valence-electron chi connectivity index (χ1n) is 16.2. The quantitative estimate of drug-likeness (QED) is 0.209. The lowest BCUT2D eigenvalue weighted by Crippen LogP contribution is -2.44. The van der Waals surface area contributed by atoms with Gasteiger partial charge in [-0.2, -0.15) is 5.10 Å². The molecule has 4 heterocycles. The van der Waals surface area contributed by atoms with Gasteiger partial charge in [0.1, 0.15) is 28.4 Å². The molecule has 2 aliphatic heterocycles. The van der Waals surface area contributed by atoms with Crippen LogP contribution in [-0.4, -0.2) is 69.2 Å². The van der Waals surface area contributed by atoms with E-state index in [4.69, 9.17) is 9.47 Å². The summed E-state index contributed by atoms with van der Waals surface area (Å²) in [6, 6.07) is 17.1. The number of methoxy groups -OCH3 is 1. The van der Waals surface area contributed by atoms with Crippen LogP contribution < -0.4 is 10.1 Å². The molecule has 1 saturated heterocycles. The first-order chi connectivity index (χ1) is 24.3. The topological polar surface area (TPSA) is 144 Å². The van der Waals surface area contributed by atoms with Crippen LogP contribution in [0.5, 0.6) is 5.75 Å². The molecule has 0 aliphatic carbocycles. The van der Waals surface area contributed by atoms with Crippen LogP contribution >= 0.6 is 0 Å². The number of nitrogens with one attached hydrogen (secondary N) is 1. The van der Waals surface area contributed by atoms with Gasteiger partial charge in [0.15, 0.2) is 5.82 Å². The average molecular weight is 694 g/mol. The fourth-order valence-electron chi connectivity index (χ4n) is 6.70. The van der Waals surface area contributed by atoms with Crippen molar-refractivity contribution in [2.45, 2.75) is 44.4 Å². The number of imide groups is 1. The first kappa shape index (κ1) is 33.8. The molecule has 51 heavy (non-hydrogen) atoms. The predicted molar refractivity (Wildman–Crippen MR) is 181 cm³/mol. The van der Waals surface area contributed by atoms with Crippen LogP contribution in [0.15, 0.2) is 72.8 Å². The number of ether oxygens (including phenoxy) is 2. The number of benzene rings is 3. The van der Waals surface area contributed by atoms with Gasteiger partial charge in [-0.15, -0.1) is 5.10 Å². The predicted octanol–water partition coefficient (Wildman–Crippen LogP) is 5.22. The smallest absolute Gasteiger partial charge is 0.261 e. The molecular formula is C38H33F2N5O6. The zero-order valence-electron chi connectivity index (χ0n) is 28.2. The lowest BCUT2D eigenvalue weighted by Gasteiger charge is -2.31. The Morgan fingerprint density at radius 3 is 2.37 bits per heavy atom. The molecule has 2 aliphatic rings. The second-order valence-corrected chi connectivity index (χ2v) is 13.3. The van der Waals surface area contributed by atoms with E-state index < -0.39 is 46.6 Å². The van der Waals surface area contributed by atoms with Crippen LogP contribution in [0.3, 0.4) is 0 Å². The Morgan fingerprint density at radius 2 is 1.73 bits per heavy atom. The zero-order valence-corrected chi connectivity index (χ0v) is 28.2. The third-order valence-electron chi connectivity index (χ3n) is 9.30. The number of hydrogen-bond acceptors (Lipinski definition) is 9. The van der Waals surface area contributed by atoms with Gasteiger partial charge in [0.05, 0.1) is 54.4 Å². The van der Waals surface area contributed by atoms with Crippen LogP contribution in [0, 0.1) is 18.6 Å². The van der Waals surface area contributed by atoms with Crippen molar-refractivity contribution in [2.75, 3.05) is 20.3 Å². The van der Waals surface area contributed by atoms with Crippen molar-refractivity contribution in [1.82, 2.24) is 25.4 Å². The van der Waals surface area contributed by atoms with E-state index in [9.17, 15) is 23.9 Å². The number of rotatable bonds is 8. The molecule has 7 rings (SSSR count). The maximum absolute atomic E-state index is 16.1. The highest BCUT2D eigenvalue weighted by molar-refractivity contribution is 6.21. The van der Waals surface area contributed by atoms with Crippen molar-refractivity contribution >= 4 is 28.6 Å². The molecule has 5 aromatic rings. The van der Waals surface area contributed by atoms with Gasteiger partial charge in [0, 0.05) is 28.5 Å². The lowest BCUT2D eigenvalue weighted by atomic mass is 9.88. The third kappa shape index (κ3) is 5.97. The highest BCUT2D eigenvalue weighted by Crippen LogP contribution is 2.42. The van der Waals surface area contributed by atoms with Crippen molar-refractivity contribution in [3.8, 4) is 17.0 Å². The normalized spacial score (nSPS) is 18.7. The van der Waals surface area contributed by atoms with Gasteiger partial charge in [-0.3, -0.25) is 19.3 Å². The minimum Gasteiger partial charge on any atom is -0.494 e. The molecule has 1 fully saturated rings. The molecule has 2 aromatic heterocycles. The highest BCUT2D eigenvalue weighted by Gasteiger charge is 2.51. The van der Waals surface area contributed by atoms with E-state index in [-0.39, 0.29) is 58.8 Å². The number of pyridine rings is 1. The fraction of sp³-hybridized carbons (Fsp3) is 0.263. The molecule has 3 amide bonds. The molecule has 260 valence electrons. The summed E-state index contributed by atoms with van der Waals surface area (Å²) in [5.74, 6) is -2.51. The molecule has 11 nitrogen and oxygen atoms in total. The van der Waals surface area contributed by atoms with Gasteiger partial charge < -0.3 is 19.9 Å². The Bertz CT molecular complexity index is 2200. The van der Waals surface area contributed by atoms with Crippen LogP contribution in [0.1, 0.15) is 68.3 Å². The maximum atomic E-state index is 16.1. The summed E-state index contributed by atoms with van der Waals surface area (Å²) in [6.45, 7) is 4.25. The van der Waals surface area contributed by atoms with E-state index in [2.05, 4.69) is 20.5 Å². The van der Waals surface area contributed by atoms with Crippen LogP contribution in [0.25, 0.3) is 22.2 Å². The summed E-state index contributed by atoms with van der Waals surface area (Å²) in [5, 5.41) is 22.9. The third-order valence-corrected chi connectivity index (χ3v) is 9.30. The summed E-state index contributed by atoms with van der Waals surface area (Å²) >= 11 is 0. The van der Waals surface area contributed by atoms with E-state index in [0.717, 1.165) is 17.0 Å². The number of nitrogens with zero attached hydrogens (tertiary/aromatic N) is 4. The van der Waals surface area contributed by atoms with Crippen LogP contribution in [-0.2, 0) is 15.9 Å². The Morgan fingerprint density at radius 1 is 1.04 bits per heavy atom. The maximum Gasteiger partial charge on any atom is 0.261 e. The molecule has 0 unspecified atom stereocenters. The number of amides is 3. The molecule has 0 spiro atoms. The molecule has 3 aromatic carbocycles. The van der Waals surface area contributed by atoms with Crippen molar-refractivity contribution in [1.29, 1.82) is 0 Å². The Hall–Kier alpha value is -5.66. The van der Waals surface area contributed by atoms with Gasteiger partial charge in [0.2, 0.25) is 0 Å². The van der Waals surface area contributed by atoms with E-state index in [1.165, 1.54) is 45.2 Å². The Balaban J connectivity index is 1.31. The number of aliphatic hydroxyl groups is 1. The van der Waals surface area contributed by atoms with Crippen molar-refractivity contribution in [2.24, 2.45) is 0 Å². The highest BCUT2D eigenvalue weighted by atomic mass is 19.1. The molecule has 0 radical (unpaired) electrons.